The van der Waals surface area contributed by atoms with Crippen molar-refractivity contribution in [1.82, 2.24) is 0 Å². The van der Waals surface area contributed by atoms with Crippen molar-refractivity contribution in [2.75, 3.05) is 13.2 Å². The van der Waals surface area contributed by atoms with Crippen LogP contribution in [0.1, 0.15) is 13.8 Å². The molecule has 7 heteroatoms. The summed E-state index contributed by atoms with van der Waals surface area (Å²) in [5.41, 5.74) is 2.98. The predicted molar refractivity (Wildman–Crippen MR) is 69.1 cm³/mol. The zero-order chi connectivity index (χ0) is 12.5. The summed E-state index contributed by atoms with van der Waals surface area (Å²) in [4.78, 5) is 11.4. The number of aliphatic hydroxyl groups is 2. The van der Waals surface area contributed by atoms with Crippen molar-refractivity contribution in [3.05, 3.63) is 0 Å². The zero-order valence-electron chi connectivity index (χ0n) is 8.43. The second kappa shape index (κ2) is 5.00. The third-order valence-electron chi connectivity index (χ3n) is 2.92. The van der Waals surface area contributed by atoms with E-state index in [1.165, 1.54) is 0 Å². The Morgan fingerprint density at radius 2 is 1.53 bits per heavy atom. The lowest BCUT2D eigenvalue weighted by Gasteiger charge is -2.46. The molecule has 0 aromatic carbocycles. The van der Waals surface area contributed by atoms with Crippen LogP contribution in [0.15, 0.2) is 0 Å². The molecule has 4 N–H and O–H groups in total. The van der Waals surface area contributed by atoms with Gasteiger partial charge in [-0.05, 0) is 0 Å². The Balaban J connectivity index is 5.54. The van der Waals surface area contributed by atoms with E-state index < -0.39 is 32.1 Å². The van der Waals surface area contributed by atoms with E-state index in [1.807, 2.05) is 0 Å². The van der Waals surface area contributed by atoms with Crippen molar-refractivity contribution < 1.29 is 15.0 Å². The summed E-state index contributed by atoms with van der Waals surface area (Å²) < 4.78 is -0.819. The van der Waals surface area contributed by atoms with E-state index in [-0.39, 0.29) is 0 Å². The van der Waals surface area contributed by atoms with Crippen LogP contribution < -0.4 is 5.73 Å². The number of aliphatic hydroxyl groups excluding tert-OH is 2. The van der Waals surface area contributed by atoms with E-state index in [4.69, 9.17) is 5.73 Å². The van der Waals surface area contributed by atoms with Crippen LogP contribution in [-0.2, 0) is 4.79 Å². The molecule has 0 bridgehead atoms. The van der Waals surface area contributed by atoms with E-state index in [1.54, 1.807) is 13.8 Å². The standard InChI is InChI=1S/C8H14Br3NO3/c1-6(2,8(9,10)11)7(3-13,4-14)5(12)15/h13-14H,3-4H2,1-2H3,(H2,12,15). The highest BCUT2D eigenvalue weighted by Crippen LogP contribution is 2.57. The molecule has 0 aliphatic heterocycles. The Labute approximate surface area is 114 Å². The lowest BCUT2D eigenvalue weighted by atomic mass is 9.67. The van der Waals surface area contributed by atoms with Crippen molar-refractivity contribution >= 4 is 53.7 Å². The van der Waals surface area contributed by atoms with Gasteiger partial charge in [0.05, 0.1) is 13.2 Å². The number of halogens is 3. The molecule has 0 aliphatic carbocycles. The molecule has 0 fully saturated rings. The number of carbonyl (C=O) groups excluding carboxylic acids is 1. The summed E-state index contributed by atoms with van der Waals surface area (Å²) >= 11 is 9.87. The second-order valence-corrected chi connectivity index (χ2v) is 10.6. The van der Waals surface area contributed by atoms with Crippen LogP contribution in [0.25, 0.3) is 0 Å². The first kappa shape index (κ1) is 15.8. The Hall–Kier alpha value is 0.830. The molecule has 0 atom stereocenters. The van der Waals surface area contributed by atoms with Crippen molar-refractivity contribution in [2.45, 2.75) is 16.0 Å². The van der Waals surface area contributed by atoms with Gasteiger partial charge in [0.25, 0.3) is 0 Å². The maximum atomic E-state index is 11.4. The fourth-order valence-corrected chi connectivity index (χ4v) is 2.32. The quantitative estimate of drug-likeness (QED) is 0.610. The molecule has 0 aliphatic rings. The van der Waals surface area contributed by atoms with Crippen LogP contribution in [-0.4, -0.2) is 31.5 Å². The van der Waals surface area contributed by atoms with Gasteiger partial charge in [-0.25, -0.2) is 0 Å². The van der Waals surface area contributed by atoms with Crippen LogP contribution in [0.2, 0.25) is 0 Å². The van der Waals surface area contributed by atoms with E-state index in [2.05, 4.69) is 47.8 Å². The molecule has 0 radical (unpaired) electrons. The van der Waals surface area contributed by atoms with Gasteiger partial charge in [0.15, 0.2) is 0 Å². The van der Waals surface area contributed by atoms with E-state index in [0.29, 0.717) is 0 Å². The number of hydrogen-bond donors (Lipinski definition) is 3. The van der Waals surface area contributed by atoms with Gasteiger partial charge in [0.1, 0.15) is 7.56 Å². The Kier molecular flexibility index (Phi) is 5.27. The summed E-state index contributed by atoms with van der Waals surface area (Å²) in [6.45, 7) is 2.33. The van der Waals surface area contributed by atoms with Crippen LogP contribution in [0.5, 0.6) is 0 Å². The molecule has 0 saturated carbocycles. The lowest BCUT2D eigenvalue weighted by molar-refractivity contribution is -0.143. The van der Waals surface area contributed by atoms with E-state index in [9.17, 15) is 15.0 Å². The first-order valence-corrected chi connectivity index (χ1v) is 6.53. The maximum Gasteiger partial charge on any atom is 0.228 e. The molecule has 90 valence electrons. The van der Waals surface area contributed by atoms with Crippen LogP contribution >= 0.6 is 47.8 Å². The van der Waals surface area contributed by atoms with Gasteiger partial charge in [-0.15, -0.1) is 0 Å². The third-order valence-corrected chi connectivity index (χ3v) is 5.89. The highest BCUT2D eigenvalue weighted by molar-refractivity contribution is 9.39. The molecule has 4 nitrogen and oxygen atoms in total. The number of alkyl halides is 3. The van der Waals surface area contributed by atoms with E-state index >= 15 is 0 Å². The minimum absolute atomic E-state index is 0.531. The lowest BCUT2D eigenvalue weighted by Crippen LogP contribution is -2.57. The third kappa shape index (κ3) is 2.57. The Bertz CT molecular complexity index is 246. The summed E-state index contributed by atoms with van der Waals surface area (Å²) in [6, 6.07) is 0. The average molecular weight is 412 g/mol. The molecular weight excluding hydrogens is 398 g/mol. The zero-order valence-corrected chi connectivity index (χ0v) is 13.2. The first-order valence-electron chi connectivity index (χ1n) is 4.15. The molecule has 0 unspecified atom stereocenters. The van der Waals surface area contributed by atoms with Crippen LogP contribution in [0.3, 0.4) is 0 Å². The van der Waals surface area contributed by atoms with Gasteiger partial charge in [-0.2, -0.15) is 0 Å². The smallest absolute Gasteiger partial charge is 0.228 e. The summed E-state index contributed by atoms with van der Waals surface area (Å²) in [6.07, 6.45) is 0. The van der Waals surface area contributed by atoms with Crippen molar-refractivity contribution in [3.8, 4) is 0 Å². The highest BCUT2D eigenvalue weighted by atomic mass is 80.0. The van der Waals surface area contributed by atoms with Crippen LogP contribution in [0.4, 0.5) is 0 Å². The van der Waals surface area contributed by atoms with Gasteiger partial charge in [0, 0.05) is 5.41 Å². The van der Waals surface area contributed by atoms with Gasteiger partial charge in [0.2, 0.25) is 5.91 Å². The SMILES string of the molecule is CC(C)(C(Br)(Br)Br)C(CO)(CO)C(N)=O. The van der Waals surface area contributed by atoms with Crippen molar-refractivity contribution in [1.29, 1.82) is 0 Å². The molecule has 0 aromatic rings. The minimum atomic E-state index is -1.43. The monoisotopic (exact) mass is 409 g/mol. The largest absolute Gasteiger partial charge is 0.395 e. The molecule has 0 spiro atoms. The normalized spacial score (nSPS) is 14.1. The minimum Gasteiger partial charge on any atom is -0.395 e. The molecule has 15 heavy (non-hydrogen) atoms. The van der Waals surface area contributed by atoms with Crippen molar-refractivity contribution in [2.24, 2.45) is 16.6 Å². The second-order valence-electron chi connectivity index (χ2n) is 3.89. The number of nitrogens with two attached hydrogens (primary N) is 1. The molecule has 1 amide bonds. The Morgan fingerprint density at radius 1 is 1.20 bits per heavy atom. The number of rotatable bonds is 4. The number of hydrogen-bond acceptors (Lipinski definition) is 3. The maximum absolute atomic E-state index is 11.4. The van der Waals surface area contributed by atoms with Crippen molar-refractivity contribution in [3.63, 3.8) is 0 Å². The number of primary amides is 1. The summed E-state index contributed by atoms with van der Waals surface area (Å²) in [7, 11) is 0. The number of carbonyl (C=O) groups is 1. The van der Waals surface area contributed by atoms with E-state index in [0.717, 1.165) is 0 Å². The molecule has 0 aromatic heterocycles. The number of amides is 1. The highest BCUT2D eigenvalue weighted by Gasteiger charge is 2.57. The summed E-state index contributed by atoms with van der Waals surface area (Å²) in [5.74, 6) is -0.750. The van der Waals surface area contributed by atoms with Gasteiger partial charge in [-0.1, -0.05) is 61.6 Å². The first-order chi connectivity index (χ1) is 6.56. The average Bonchev–Trinajstić information content (AvgIpc) is 2.04. The van der Waals surface area contributed by atoms with Gasteiger partial charge >= 0.3 is 0 Å². The fraction of sp³-hybridized carbons (Fsp3) is 0.875. The summed E-state index contributed by atoms with van der Waals surface area (Å²) in [5, 5.41) is 18.6. The van der Waals surface area contributed by atoms with Gasteiger partial charge in [-0.3, -0.25) is 4.79 Å². The predicted octanol–water partition coefficient (Wildman–Crippen LogP) is 1.31. The Morgan fingerprint density at radius 3 is 1.60 bits per heavy atom. The fourth-order valence-electron chi connectivity index (χ4n) is 1.18. The molecule has 0 rings (SSSR count). The topological polar surface area (TPSA) is 83.6 Å². The molecule has 0 saturated heterocycles. The molecular formula is C8H14Br3NO3. The van der Waals surface area contributed by atoms with Gasteiger partial charge < -0.3 is 15.9 Å². The molecule has 0 heterocycles. The van der Waals surface area contributed by atoms with Crippen LogP contribution in [0, 0.1) is 10.8 Å².